The molecule has 1 aromatic rings. The summed E-state index contributed by atoms with van der Waals surface area (Å²) < 4.78 is 0. The van der Waals surface area contributed by atoms with E-state index in [1.807, 2.05) is 19.2 Å². The Bertz CT molecular complexity index is 405. The molecule has 7 heteroatoms. The summed E-state index contributed by atoms with van der Waals surface area (Å²) in [5, 5.41) is 7.92. The van der Waals surface area contributed by atoms with E-state index in [4.69, 9.17) is 5.73 Å². The second-order valence-corrected chi connectivity index (χ2v) is 4.49. The number of aromatic nitrogens is 1. The third kappa shape index (κ3) is 4.49. The van der Waals surface area contributed by atoms with Crippen LogP contribution >= 0.6 is 11.3 Å². The van der Waals surface area contributed by atoms with Crippen LogP contribution in [0.15, 0.2) is 5.38 Å². The van der Waals surface area contributed by atoms with Crippen molar-refractivity contribution in [2.24, 2.45) is 5.73 Å². The van der Waals surface area contributed by atoms with Crippen LogP contribution in [0.2, 0.25) is 0 Å². The lowest BCUT2D eigenvalue weighted by Crippen LogP contribution is -2.40. The minimum Gasteiger partial charge on any atom is -0.346 e. The maximum Gasteiger partial charge on any atom is 0.239 e. The molecule has 0 radical (unpaired) electrons. The number of thiazole rings is 1. The minimum absolute atomic E-state index is 0.0648. The zero-order chi connectivity index (χ0) is 12.8. The number of nitrogens with two attached hydrogens (primary N) is 1. The zero-order valence-electron chi connectivity index (χ0n) is 9.82. The monoisotopic (exact) mass is 256 g/mol. The molecular weight excluding hydrogens is 240 g/mol. The number of rotatable bonds is 5. The highest BCUT2D eigenvalue weighted by Crippen LogP contribution is 2.16. The number of hydrogen-bond donors (Lipinski definition) is 3. The van der Waals surface area contributed by atoms with Gasteiger partial charge in [-0.05, 0) is 13.8 Å². The lowest BCUT2D eigenvalue weighted by molar-refractivity contribution is -0.125. The van der Waals surface area contributed by atoms with E-state index in [9.17, 15) is 9.59 Å². The lowest BCUT2D eigenvalue weighted by atomic mass is 10.3. The summed E-state index contributed by atoms with van der Waals surface area (Å²) >= 11 is 1.50. The first-order valence-corrected chi connectivity index (χ1v) is 6.09. The van der Waals surface area contributed by atoms with Crippen molar-refractivity contribution in [3.05, 3.63) is 16.1 Å². The Labute approximate surface area is 104 Å². The average molecular weight is 256 g/mol. The number of hydrogen-bond acceptors (Lipinski definition) is 5. The summed E-state index contributed by atoms with van der Waals surface area (Å²) in [7, 11) is 0. The van der Waals surface area contributed by atoms with Gasteiger partial charge in [-0.25, -0.2) is 4.98 Å². The summed E-state index contributed by atoms with van der Waals surface area (Å²) in [6.07, 6.45) is 0. The highest BCUT2D eigenvalue weighted by atomic mass is 32.1. The van der Waals surface area contributed by atoms with Crippen molar-refractivity contribution in [2.45, 2.75) is 19.9 Å². The van der Waals surface area contributed by atoms with Gasteiger partial charge in [0.15, 0.2) is 0 Å². The Morgan fingerprint density at radius 2 is 2.24 bits per heavy atom. The lowest BCUT2D eigenvalue weighted by Gasteiger charge is -2.11. The average Bonchev–Trinajstić information content (AvgIpc) is 2.72. The van der Waals surface area contributed by atoms with Crippen molar-refractivity contribution >= 4 is 23.2 Å². The van der Waals surface area contributed by atoms with Gasteiger partial charge in [-0.3, -0.25) is 9.59 Å². The topological polar surface area (TPSA) is 97.1 Å². The minimum atomic E-state index is -0.349. The fraction of sp³-hybridized carbons (Fsp3) is 0.500. The van der Waals surface area contributed by atoms with E-state index < -0.39 is 0 Å². The van der Waals surface area contributed by atoms with E-state index in [0.29, 0.717) is 0 Å². The summed E-state index contributed by atoms with van der Waals surface area (Å²) in [5.74, 6) is -0.606. The zero-order valence-corrected chi connectivity index (χ0v) is 10.6. The molecule has 0 spiro atoms. The van der Waals surface area contributed by atoms with Crippen LogP contribution in [-0.2, 0) is 9.59 Å². The van der Waals surface area contributed by atoms with Crippen LogP contribution in [0.3, 0.4) is 0 Å². The van der Waals surface area contributed by atoms with Crippen molar-refractivity contribution in [3.63, 3.8) is 0 Å². The molecule has 17 heavy (non-hydrogen) atoms. The van der Waals surface area contributed by atoms with Crippen LogP contribution < -0.4 is 16.4 Å². The van der Waals surface area contributed by atoms with E-state index in [0.717, 1.165) is 10.7 Å². The second-order valence-electron chi connectivity index (χ2n) is 3.60. The van der Waals surface area contributed by atoms with Crippen molar-refractivity contribution in [3.8, 4) is 0 Å². The Kier molecular flexibility index (Phi) is 5.05. The van der Waals surface area contributed by atoms with E-state index >= 15 is 0 Å². The van der Waals surface area contributed by atoms with Crippen LogP contribution in [0.1, 0.15) is 23.7 Å². The predicted octanol–water partition coefficient (Wildman–Crippen LogP) is -0.296. The normalized spacial score (nSPS) is 11.9. The van der Waals surface area contributed by atoms with Gasteiger partial charge in [0.2, 0.25) is 11.8 Å². The number of carbonyl (C=O) groups is 2. The molecular formula is C10H16N4O2S. The molecule has 6 nitrogen and oxygen atoms in total. The van der Waals surface area contributed by atoms with Gasteiger partial charge in [0.1, 0.15) is 5.01 Å². The fourth-order valence-electron chi connectivity index (χ4n) is 1.18. The molecule has 0 bridgehead atoms. The van der Waals surface area contributed by atoms with E-state index in [-0.39, 0.29) is 30.9 Å². The summed E-state index contributed by atoms with van der Waals surface area (Å²) in [6.45, 7) is 3.57. The molecule has 1 aromatic heterocycles. The molecule has 0 saturated carbocycles. The molecule has 0 fully saturated rings. The van der Waals surface area contributed by atoms with Crippen LogP contribution in [0.25, 0.3) is 0 Å². The molecule has 0 aliphatic rings. The van der Waals surface area contributed by atoms with Gasteiger partial charge in [-0.2, -0.15) is 0 Å². The van der Waals surface area contributed by atoms with Gasteiger partial charge in [-0.1, -0.05) is 0 Å². The van der Waals surface area contributed by atoms with Crippen LogP contribution in [0.5, 0.6) is 0 Å². The van der Waals surface area contributed by atoms with Crippen LogP contribution in [-0.4, -0.2) is 29.9 Å². The van der Waals surface area contributed by atoms with Gasteiger partial charge >= 0.3 is 0 Å². The Morgan fingerprint density at radius 3 is 2.76 bits per heavy atom. The number of amides is 2. The molecule has 0 aliphatic heterocycles. The van der Waals surface area contributed by atoms with Crippen molar-refractivity contribution in [1.29, 1.82) is 0 Å². The third-order valence-electron chi connectivity index (χ3n) is 2.02. The number of carbonyl (C=O) groups excluding carboxylic acids is 2. The number of aryl methyl sites for hydroxylation is 1. The first kappa shape index (κ1) is 13.6. The fourth-order valence-corrected chi connectivity index (χ4v) is 1.98. The summed E-state index contributed by atoms with van der Waals surface area (Å²) in [5.41, 5.74) is 6.03. The Balaban J connectivity index is 2.38. The molecule has 0 aliphatic carbocycles. The maximum absolute atomic E-state index is 11.5. The highest BCUT2D eigenvalue weighted by molar-refractivity contribution is 7.09. The largest absolute Gasteiger partial charge is 0.346 e. The summed E-state index contributed by atoms with van der Waals surface area (Å²) in [6, 6.07) is -0.157. The smallest absolute Gasteiger partial charge is 0.239 e. The molecule has 2 amide bonds. The summed E-state index contributed by atoms with van der Waals surface area (Å²) in [4.78, 5) is 26.6. The van der Waals surface area contributed by atoms with Crippen LogP contribution in [0.4, 0.5) is 0 Å². The maximum atomic E-state index is 11.5. The number of nitrogens with zero attached hydrogens (tertiary/aromatic N) is 1. The SMILES string of the molecule is Cc1csc(C(C)NC(=O)CNC(=O)CN)n1. The van der Waals surface area contributed by atoms with E-state index in [2.05, 4.69) is 15.6 Å². The molecule has 94 valence electrons. The Morgan fingerprint density at radius 1 is 1.53 bits per heavy atom. The number of nitrogens with one attached hydrogen (secondary N) is 2. The molecule has 0 aromatic carbocycles. The molecule has 4 N–H and O–H groups in total. The van der Waals surface area contributed by atoms with Crippen molar-refractivity contribution < 1.29 is 9.59 Å². The highest BCUT2D eigenvalue weighted by Gasteiger charge is 2.12. The van der Waals surface area contributed by atoms with Crippen LogP contribution in [0, 0.1) is 6.92 Å². The van der Waals surface area contributed by atoms with Crippen molar-refractivity contribution in [2.75, 3.05) is 13.1 Å². The van der Waals surface area contributed by atoms with Gasteiger partial charge in [0.05, 0.1) is 19.1 Å². The second kappa shape index (κ2) is 6.31. The van der Waals surface area contributed by atoms with Gasteiger partial charge < -0.3 is 16.4 Å². The van der Waals surface area contributed by atoms with E-state index in [1.165, 1.54) is 11.3 Å². The molecule has 0 saturated heterocycles. The van der Waals surface area contributed by atoms with E-state index in [1.54, 1.807) is 0 Å². The van der Waals surface area contributed by atoms with Gasteiger partial charge in [0, 0.05) is 11.1 Å². The predicted molar refractivity (Wildman–Crippen MR) is 65.5 cm³/mol. The molecule has 1 rings (SSSR count). The Hall–Kier alpha value is -1.47. The first-order valence-electron chi connectivity index (χ1n) is 5.21. The molecule has 1 atom stereocenters. The van der Waals surface area contributed by atoms with Crippen molar-refractivity contribution in [1.82, 2.24) is 15.6 Å². The quantitative estimate of drug-likeness (QED) is 0.674. The van der Waals surface area contributed by atoms with Gasteiger partial charge in [0.25, 0.3) is 0 Å². The molecule has 1 heterocycles. The van der Waals surface area contributed by atoms with Gasteiger partial charge in [-0.15, -0.1) is 11.3 Å². The first-order chi connectivity index (χ1) is 8.02. The molecule has 1 unspecified atom stereocenters. The third-order valence-corrected chi connectivity index (χ3v) is 3.16. The standard InChI is InChI=1S/C10H16N4O2S/c1-6-5-17-10(13-6)7(2)14-9(16)4-12-8(15)3-11/h5,7H,3-4,11H2,1-2H3,(H,12,15)(H,14,16).